The zero-order valence-corrected chi connectivity index (χ0v) is 23.7. The van der Waals surface area contributed by atoms with Gasteiger partial charge >= 0.3 is 0 Å². The normalized spacial score (nSPS) is 20.3. The Morgan fingerprint density at radius 3 is 2.49 bits per heavy atom. The minimum atomic E-state index is -0.672. The van der Waals surface area contributed by atoms with E-state index < -0.39 is 11.4 Å². The number of carbonyl (C=O) groups is 2. The first kappa shape index (κ1) is 27.2. The first-order valence-corrected chi connectivity index (χ1v) is 14.5. The summed E-state index contributed by atoms with van der Waals surface area (Å²) >= 11 is 6.47. The van der Waals surface area contributed by atoms with E-state index in [0.29, 0.717) is 50.8 Å². The SMILES string of the molecule is CC(Cl)[C@@H]1Nc2nc(nc3ccccc23)CN2CCN(C(=O)Cc3ccc(-c4ccccc4)cc3)CC2CNC1=O. The van der Waals surface area contributed by atoms with E-state index in [0.717, 1.165) is 27.6 Å². The molecule has 6 rings (SSSR count). The number of nitrogens with one attached hydrogen (secondary N) is 2. The second-order valence-corrected chi connectivity index (χ2v) is 11.4. The Morgan fingerprint density at radius 1 is 0.976 bits per heavy atom. The number of nitrogens with zero attached hydrogens (tertiary/aromatic N) is 4. The summed E-state index contributed by atoms with van der Waals surface area (Å²) in [6.45, 7) is 4.48. The molecular weight excluding hydrogens is 536 g/mol. The van der Waals surface area contributed by atoms with Gasteiger partial charge in [-0.1, -0.05) is 66.7 Å². The number of rotatable bonds is 4. The minimum absolute atomic E-state index is 0.0796. The minimum Gasteiger partial charge on any atom is -0.357 e. The van der Waals surface area contributed by atoms with E-state index in [2.05, 4.69) is 39.8 Å². The molecule has 0 spiro atoms. The van der Waals surface area contributed by atoms with Crippen LogP contribution in [0.15, 0.2) is 78.9 Å². The van der Waals surface area contributed by atoms with Crippen molar-refractivity contribution in [1.82, 2.24) is 25.1 Å². The molecule has 1 fully saturated rings. The average molecular weight is 569 g/mol. The summed E-state index contributed by atoms with van der Waals surface area (Å²) < 4.78 is 0. The van der Waals surface area contributed by atoms with Crippen molar-refractivity contribution >= 4 is 40.1 Å². The molecule has 3 heterocycles. The third-order valence-corrected chi connectivity index (χ3v) is 8.17. The van der Waals surface area contributed by atoms with Gasteiger partial charge in [0, 0.05) is 37.6 Å². The summed E-state index contributed by atoms with van der Waals surface area (Å²) in [5.41, 5.74) is 4.07. The maximum atomic E-state index is 13.4. The van der Waals surface area contributed by atoms with Crippen molar-refractivity contribution in [2.45, 2.75) is 37.4 Å². The number of hydrogen-bond donors (Lipinski definition) is 2. The standard InChI is InChI=1S/C32H33ClN6O2/c1-21(33)30-32(41)34-18-25-19-39(29(40)17-22-11-13-24(14-12-22)23-7-3-2-4-8-23)16-15-38(25)20-28-35-27-10-6-5-9-26(27)31(36-28)37-30/h2-14,21,25,30H,15-20H2,1H3,(H,34,41)(H,35,36,37)/t21?,25?,30-/m0/s1. The van der Waals surface area contributed by atoms with Crippen molar-refractivity contribution in [3.05, 3.63) is 90.3 Å². The smallest absolute Gasteiger partial charge is 0.244 e. The predicted octanol–water partition coefficient (Wildman–Crippen LogP) is 4.09. The zero-order chi connectivity index (χ0) is 28.3. The molecule has 1 saturated heterocycles. The van der Waals surface area contributed by atoms with Gasteiger partial charge in [0.1, 0.15) is 17.7 Å². The summed E-state index contributed by atoms with van der Waals surface area (Å²) in [6.07, 6.45) is 0.334. The molecule has 2 aliphatic heterocycles. The molecule has 0 aliphatic carbocycles. The van der Waals surface area contributed by atoms with Crippen LogP contribution in [0.2, 0.25) is 0 Å². The fourth-order valence-electron chi connectivity index (χ4n) is 5.60. The van der Waals surface area contributed by atoms with E-state index in [9.17, 15) is 9.59 Å². The van der Waals surface area contributed by atoms with Crippen LogP contribution >= 0.6 is 11.6 Å². The Balaban J connectivity index is 1.20. The van der Waals surface area contributed by atoms with Gasteiger partial charge in [0.05, 0.1) is 23.9 Å². The van der Waals surface area contributed by atoms with Crippen LogP contribution in [0.5, 0.6) is 0 Å². The van der Waals surface area contributed by atoms with Crippen LogP contribution in [-0.4, -0.2) is 75.2 Å². The first-order chi connectivity index (χ1) is 19.9. The number of amides is 2. The van der Waals surface area contributed by atoms with Gasteiger partial charge in [0.2, 0.25) is 11.8 Å². The van der Waals surface area contributed by atoms with Gasteiger partial charge in [0.25, 0.3) is 0 Å². The maximum Gasteiger partial charge on any atom is 0.244 e. The average Bonchev–Trinajstić information content (AvgIpc) is 3.01. The van der Waals surface area contributed by atoms with Crippen molar-refractivity contribution in [2.24, 2.45) is 0 Å². The molecule has 2 N–H and O–H groups in total. The molecule has 2 amide bonds. The Kier molecular flexibility index (Phi) is 7.85. The molecule has 2 unspecified atom stereocenters. The summed E-state index contributed by atoms with van der Waals surface area (Å²) in [5, 5.41) is 6.74. The number of halogens is 1. The molecule has 0 radical (unpaired) electrons. The lowest BCUT2D eigenvalue weighted by Crippen LogP contribution is -2.59. The maximum absolute atomic E-state index is 13.4. The second kappa shape index (κ2) is 11.8. The molecule has 8 nitrogen and oxygen atoms in total. The number of carbonyl (C=O) groups excluding carboxylic acids is 2. The summed E-state index contributed by atoms with van der Waals surface area (Å²) in [6, 6.07) is 25.4. The summed E-state index contributed by atoms with van der Waals surface area (Å²) in [4.78, 5) is 40.5. The van der Waals surface area contributed by atoms with Crippen LogP contribution in [0, 0.1) is 0 Å². The largest absolute Gasteiger partial charge is 0.357 e. The van der Waals surface area contributed by atoms with Crippen molar-refractivity contribution < 1.29 is 9.59 Å². The highest BCUT2D eigenvalue weighted by atomic mass is 35.5. The van der Waals surface area contributed by atoms with Crippen molar-refractivity contribution in [3.63, 3.8) is 0 Å². The van der Waals surface area contributed by atoms with E-state index in [1.807, 2.05) is 59.5 Å². The number of hydrogen-bond acceptors (Lipinski definition) is 6. The summed E-state index contributed by atoms with van der Waals surface area (Å²) in [7, 11) is 0. The molecule has 9 heteroatoms. The van der Waals surface area contributed by atoms with Crippen molar-refractivity contribution in [2.75, 3.05) is 31.5 Å². The molecule has 210 valence electrons. The number of fused-ring (bicyclic) bond motifs is 5. The number of benzene rings is 3. The van der Waals surface area contributed by atoms with Crippen molar-refractivity contribution in [1.29, 1.82) is 0 Å². The molecule has 4 aromatic rings. The highest BCUT2D eigenvalue weighted by Crippen LogP contribution is 2.25. The number of anilines is 1. The first-order valence-electron chi connectivity index (χ1n) is 14.0. The molecular formula is C32H33ClN6O2. The highest BCUT2D eigenvalue weighted by molar-refractivity contribution is 6.22. The van der Waals surface area contributed by atoms with Gasteiger partial charge in [0.15, 0.2) is 0 Å². The lowest BCUT2D eigenvalue weighted by atomic mass is 10.0. The van der Waals surface area contributed by atoms with Gasteiger partial charge in [-0.3, -0.25) is 14.5 Å². The number of para-hydroxylation sites is 1. The van der Waals surface area contributed by atoms with Crippen LogP contribution in [0.1, 0.15) is 18.3 Å². The molecule has 41 heavy (non-hydrogen) atoms. The lowest BCUT2D eigenvalue weighted by molar-refractivity contribution is -0.133. The third-order valence-electron chi connectivity index (χ3n) is 7.91. The van der Waals surface area contributed by atoms with E-state index in [1.54, 1.807) is 6.92 Å². The molecule has 2 bridgehead atoms. The zero-order valence-electron chi connectivity index (χ0n) is 23.0. The Hall–Kier alpha value is -4.01. The quantitative estimate of drug-likeness (QED) is 0.360. The topological polar surface area (TPSA) is 90.5 Å². The Morgan fingerprint density at radius 2 is 1.71 bits per heavy atom. The highest BCUT2D eigenvalue weighted by Gasteiger charge is 2.33. The predicted molar refractivity (Wildman–Crippen MR) is 162 cm³/mol. The van der Waals surface area contributed by atoms with E-state index in [4.69, 9.17) is 21.6 Å². The van der Waals surface area contributed by atoms with Crippen LogP contribution in [-0.2, 0) is 22.6 Å². The number of aromatic nitrogens is 2. The molecule has 2 aliphatic rings. The van der Waals surface area contributed by atoms with Crippen molar-refractivity contribution in [3.8, 4) is 11.1 Å². The van der Waals surface area contributed by atoms with Gasteiger partial charge in [-0.05, 0) is 35.7 Å². The lowest BCUT2D eigenvalue weighted by Gasteiger charge is -2.41. The molecule has 3 aromatic carbocycles. The number of alkyl halides is 1. The van der Waals surface area contributed by atoms with Crippen LogP contribution in [0.3, 0.4) is 0 Å². The fourth-order valence-corrected chi connectivity index (χ4v) is 5.78. The molecule has 1 aromatic heterocycles. The van der Waals surface area contributed by atoms with Crippen LogP contribution in [0.4, 0.5) is 5.82 Å². The molecule has 0 saturated carbocycles. The summed E-state index contributed by atoms with van der Waals surface area (Å²) in [5.74, 6) is 1.16. The molecule has 3 atom stereocenters. The van der Waals surface area contributed by atoms with Crippen LogP contribution in [0.25, 0.3) is 22.0 Å². The van der Waals surface area contributed by atoms with Gasteiger partial charge < -0.3 is 15.5 Å². The fraction of sp³-hybridized carbons (Fsp3) is 0.312. The third kappa shape index (κ3) is 6.04. The van der Waals surface area contributed by atoms with Crippen LogP contribution < -0.4 is 10.6 Å². The van der Waals surface area contributed by atoms with Gasteiger partial charge in [-0.15, -0.1) is 11.6 Å². The van der Waals surface area contributed by atoms with E-state index in [1.165, 1.54) is 0 Å². The van der Waals surface area contributed by atoms with Gasteiger partial charge in [-0.2, -0.15) is 0 Å². The second-order valence-electron chi connectivity index (χ2n) is 10.8. The van der Waals surface area contributed by atoms with E-state index in [-0.39, 0.29) is 17.9 Å². The Labute approximate surface area is 244 Å². The monoisotopic (exact) mass is 568 g/mol. The van der Waals surface area contributed by atoms with E-state index >= 15 is 0 Å². The number of piperazine rings is 1. The van der Waals surface area contributed by atoms with Gasteiger partial charge in [-0.25, -0.2) is 9.97 Å². The Bertz CT molecular complexity index is 1550.